The average Bonchev–Trinajstić information content (AvgIpc) is 2.36. The van der Waals surface area contributed by atoms with Crippen LogP contribution in [0, 0.1) is 0 Å². The lowest BCUT2D eigenvalue weighted by molar-refractivity contribution is 0.103. The van der Waals surface area contributed by atoms with Crippen LogP contribution in [-0.2, 0) is 0 Å². The van der Waals surface area contributed by atoms with Crippen molar-refractivity contribution in [2.75, 3.05) is 0 Å². The normalized spacial score (nSPS) is 10.1. The highest BCUT2D eigenvalue weighted by Crippen LogP contribution is 2.22. The zero-order chi connectivity index (χ0) is 13.1. The molecule has 0 aromatic heterocycles. The number of halogens is 2. The Morgan fingerprint density at radius 3 is 2.28 bits per heavy atom. The Morgan fingerprint density at radius 1 is 1.06 bits per heavy atom. The minimum absolute atomic E-state index is 0.142. The van der Waals surface area contributed by atoms with Gasteiger partial charge in [0.2, 0.25) is 0 Å². The van der Waals surface area contributed by atoms with Gasteiger partial charge in [-0.2, -0.15) is 0 Å². The molecular weight excluding hydrogens is 287 g/mol. The molecule has 0 spiro atoms. The fraction of sp³-hybridized carbons (Fsp3) is 0. The van der Waals surface area contributed by atoms with Gasteiger partial charge in [0.15, 0.2) is 5.78 Å². The Morgan fingerprint density at radius 2 is 1.67 bits per heavy atom. The number of rotatable bonds is 3. The summed E-state index contributed by atoms with van der Waals surface area (Å²) in [5.41, 5.74) is 1.72. The lowest BCUT2D eigenvalue weighted by Crippen LogP contribution is -2.04. The van der Waals surface area contributed by atoms with Crippen LogP contribution in [0.5, 0.6) is 0 Å². The van der Waals surface area contributed by atoms with E-state index in [1.54, 1.807) is 36.4 Å². The predicted molar refractivity (Wildman–Crippen MR) is 79.1 cm³/mol. The molecule has 0 saturated carbocycles. The highest BCUT2D eigenvalue weighted by molar-refractivity contribution is 7.79. The van der Waals surface area contributed by atoms with Crippen LogP contribution in [0.15, 0.2) is 42.5 Å². The number of thiocarbonyl (C=S) groups is 1. The molecule has 2 aromatic rings. The molecule has 0 saturated heterocycles. The van der Waals surface area contributed by atoms with Crippen LogP contribution in [0.4, 0.5) is 0 Å². The molecule has 0 bridgehead atoms. The van der Waals surface area contributed by atoms with Crippen molar-refractivity contribution < 1.29 is 4.79 Å². The van der Waals surface area contributed by atoms with Crippen molar-refractivity contribution in [2.24, 2.45) is 0 Å². The van der Waals surface area contributed by atoms with Crippen LogP contribution in [-0.4, -0.2) is 11.2 Å². The second kappa shape index (κ2) is 5.61. The van der Waals surface area contributed by atoms with Gasteiger partial charge in [-0.25, -0.2) is 0 Å². The van der Waals surface area contributed by atoms with Gasteiger partial charge in [-0.3, -0.25) is 4.79 Å². The maximum atomic E-state index is 12.3. The molecule has 0 heterocycles. The largest absolute Gasteiger partial charge is 0.289 e. The fourth-order valence-electron chi connectivity index (χ4n) is 1.65. The topological polar surface area (TPSA) is 17.1 Å². The summed E-state index contributed by atoms with van der Waals surface area (Å²) in [4.78, 5) is 12.3. The first-order chi connectivity index (χ1) is 8.61. The molecule has 90 valence electrons. The monoisotopic (exact) mass is 294 g/mol. The zero-order valence-corrected chi connectivity index (χ0v) is 11.5. The molecule has 2 aromatic carbocycles. The van der Waals surface area contributed by atoms with Crippen LogP contribution in [0.3, 0.4) is 0 Å². The van der Waals surface area contributed by atoms with Crippen molar-refractivity contribution >= 4 is 46.6 Å². The molecule has 0 amide bonds. The summed E-state index contributed by atoms with van der Waals surface area (Å²) < 4.78 is 0. The summed E-state index contributed by atoms with van der Waals surface area (Å²) >= 11 is 16.7. The SMILES string of the molecule is O=C(c1cc(Cl)cc(Cl)c1)c1ccccc1C=S. The molecule has 2 rings (SSSR count). The van der Waals surface area contributed by atoms with E-state index in [0.717, 1.165) is 0 Å². The van der Waals surface area contributed by atoms with Crippen molar-refractivity contribution in [3.05, 3.63) is 69.2 Å². The van der Waals surface area contributed by atoms with Gasteiger partial charge in [0.25, 0.3) is 0 Å². The summed E-state index contributed by atoms with van der Waals surface area (Å²) in [5.74, 6) is -0.142. The summed E-state index contributed by atoms with van der Waals surface area (Å²) in [6.45, 7) is 0. The molecule has 0 radical (unpaired) electrons. The number of hydrogen-bond donors (Lipinski definition) is 0. The molecule has 0 fully saturated rings. The number of carbonyl (C=O) groups is 1. The highest BCUT2D eigenvalue weighted by atomic mass is 35.5. The van der Waals surface area contributed by atoms with Gasteiger partial charge in [0.05, 0.1) is 0 Å². The molecule has 0 aliphatic carbocycles. The minimum Gasteiger partial charge on any atom is -0.289 e. The first-order valence-corrected chi connectivity index (χ1v) is 6.39. The van der Waals surface area contributed by atoms with E-state index in [1.165, 1.54) is 5.37 Å². The summed E-state index contributed by atoms with van der Waals surface area (Å²) in [7, 11) is 0. The predicted octanol–water partition coefficient (Wildman–Crippen LogP) is 4.57. The van der Waals surface area contributed by atoms with Gasteiger partial charge in [0, 0.05) is 26.5 Å². The van der Waals surface area contributed by atoms with Crippen molar-refractivity contribution in [3.63, 3.8) is 0 Å². The fourth-order valence-corrected chi connectivity index (χ4v) is 2.38. The van der Waals surface area contributed by atoms with E-state index in [0.29, 0.717) is 26.7 Å². The van der Waals surface area contributed by atoms with Gasteiger partial charge in [-0.05, 0) is 23.8 Å². The van der Waals surface area contributed by atoms with E-state index < -0.39 is 0 Å². The lowest BCUT2D eigenvalue weighted by Gasteiger charge is -2.05. The van der Waals surface area contributed by atoms with Crippen molar-refractivity contribution in [3.8, 4) is 0 Å². The first kappa shape index (κ1) is 13.2. The molecule has 0 aliphatic heterocycles. The first-order valence-electron chi connectivity index (χ1n) is 5.17. The molecular formula is C14H8Cl2OS. The molecule has 1 nitrogen and oxygen atoms in total. The van der Waals surface area contributed by atoms with E-state index >= 15 is 0 Å². The lowest BCUT2D eigenvalue weighted by atomic mass is 9.99. The number of benzene rings is 2. The molecule has 4 heteroatoms. The Kier molecular flexibility index (Phi) is 4.12. The highest BCUT2D eigenvalue weighted by Gasteiger charge is 2.13. The summed E-state index contributed by atoms with van der Waals surface area (Å²) in [6, 6.07) is 11.9. The van der Waals surface area contributed by atoms with E-state index in [1.807, 2.05) is 6.07 Å². The van der Waals surface area contributed by atoms with Gasteiger partial charge >= 0.3 is 0 Å². The summed E-state index contributed by atoms with van der Waals surface area (Å²) in [5, 5.41) is 2.36. The third-order valence-corrected chi connectivity index (χ3v) is 3.15. The smallest absolute Gasteiger partial charge is 0.193 e. The molecule has 0 unspecified atom stereocenters. The second-order valence-corrected chi connectivity index (χ2v) is 4.80. The van der Waals surface area contributed by atoms with Gasteiger partial charge in [-0.1, -0.05) is 59.7 Å². The number of hydrogen-bond acceptors (Lipinski definition) is 2. The molecule has 18 heavy (non-hydrogen) atoms. The minimum atomic E-state index is -0.142. The van der Waals surface area contributed by atoms with Gasteiger partial charge in [0.1, 0.15) is 0 Å². The number of carbonyl (C=O) groups excluding carboxylic acids is 1. The van der Waals surface area contributed by atoms with E-state index in [2.05, 4.69) is 0 Å². The van der Waals surface area contributed by atoms with E-state index in [9.17, 15) is 4.79 Å². The molecule has 0 aliphatic rings. The van der Waals surface area contributed by atoms with Crippen LogP contribution in [0.25, 0.3) is 0 Å². The van der Waals surface area contributed by atoms with Crippen molar-refractivity contribution in [2.45, 2.75) is 0 Å². The average molecular weight is 295 g/mol. The number of ketones is 1. The van der Waals surface area contributed by atoms with Crippen LogP contribution in [0.1, 0.15) is 21.5 Å². The Balaban J connectivity index is 2.51. The van der Waals surface area contributed by atoms with Crippen molar-refractivity contribution in [1.82, 2.24) is 0 Å². The Hall–Kier alpha value is -1.22. The molecule has 0 atom stereocenters. The Labute approximate surface area is 120 Å². The van der Waals surface area contributed by atoms with Crippen LogP contribution in [0.2, 0.25) is 10.0 Å². The summed E-state index contributed by atoms with van der Waals surface area (Å²) in [6.07, 6.45) is 0. The van der Waals surface area contributed by atoms with Crippen molar-refractivity contribution in [1.29, 1.82) is 0 Å². The van der Waals surface area contributed by atoms with Gasteiger partial charge < -0.3 is 0 Å². The molecule has 0 N–H and O–H groups in total. The van der Waals surface area contributed by atoms with Crippen LogP contribution < -0.4 is 0 Å². The van der Waals surface area contributed by atoms with Crippen LogP contribution >= 0.6 is 35.4 Å². The third kappa shape index (κ3) is 2.78. The zero-order valence-electron chi connectivity index (χ0n) is 9.19. The third-order valence-electron chi connectivity index (χ3n) is 2.46. The Bertz CT molecular complexity index is 603. The van der Waals surface area contributed by atoms with E-state index in [4.69, 9.17) is 35.4 Å². The standard InChI is InChI=1S/C14H8Cl2OS/c15-11-5-10(6-12(16)7-11)14(17)13-4-2-1-3-9(13)8-18/h1-8H. The van der Waals surface area contributed by atoms with E-state index in [-0.39, 0.29) is 5.78 Å². The van der Waals surface area contributed by atoms with Gasteiger partial charge in [-0.15, -0.1) is 0 Å². The maximum absolute atomic E-state index is 12.3. The second-order valence-electron chi connectivity index (χ2n) is 3.69. The quantitative estimate of drug-likeness (QED) is 0.609. The maximum Gasteiger partial charge on any atom is 0.193 e.